The number of nitrogens with zero attached hydrogens (tertiary/aromatic N) is 2. The number of halogens is 3. The van der Waals surface area contributed by atoms with E-state index < -0.39 is 22.2 Å². The number of nitriles is 2. The maximum Gasteiger partial charge on any atom is 0.267 e. The van der Waals surface area contributed by atoms with Crippen molar-refractivity contribution in [2.75, 3.05) is 0 Å². The first-order valence-electron chi connectivity index (χ1n) is 4.17. The minimum absolute atomic E-state index is 0.374. The molecule has 0 radical (unpaired) electrons. The van der Waals surface area contributed by atoms with Gasteiger partial charge in [-0.05, 0) is 17.0 Å². The van der Waals surface area contributed by atoms with E-state index in [-0.39, 0.29) is 0 Å². The van der Waals surface area contributed by atoms with Crippen molar-refractivity contribution in [1.29, 1.82) is 10.5 Å². The van der Waals surface area contributed by atoms with Crippen LogP contribution < -0.4 is 0 Å². The van der Waals surface area contributed by atoms with Gasteiger partial charge in [-0.3, -0.25) is 0 Å². The molecule has 1 aliphatic rings. The second kappa shape index (κ2) is 4.14. The van der Waals surface area contributed by atoms with E-state index in [1.54, 1.807) is 0 Å². The molecule has 2 unspecified atom stereocenters. The molecular formula is C7H7Cl3N2Si3. The van der Waals surface area contributed by atoms with E-state index >= 15 is 0 Å². The highest BCUT2D eigenvalue weighted by atomic mass is 35.6. The third kappa shape index (κ3) is 2.79. The van der Waals surface area contributed by atoms with Crippen molar-refractivity contribution in [3.05, 3.63) is 0 Å². The Morgan fingerprint density at radius 3 is 1.47 bits per heavy atom. The van der Waals surface area contributed by atoms with Crippen LogP contribution in [0.1, 0.15) is 0 Å². The van der Waals surface area contributed by atoms with Gasteiger partial charge in [-0.15, -0.1) is 34.1 Å². The average molecular weight is 310 g/mol. The van der Waals surface area contributed by atoms with Gasteiger partial charge >= 0.3 is 0 Å². The average Bonchev–Trinajstić information content (AvgIpc) is 2.16. The van der Waals surface area contributed by atoms with Crippen LogP contribution in [0.4, 0.5) is 0 Å². The Balaban J connectivity index is 3.13. The molecule has 0 aliphatic carbocycles. The Labute approximate surface area is 106 Å². The minimum atomic E-state index is -2.65. The zero-order valence-electron chi connectivity index (χ0n) is 7.73. The van der Waals surface area contributed by atoms with Crippen molar-refractivity contribution >= 4 is 55.4 Å². The van der Waals surface area contributed by atoms with Crippen molar-refractivity contribution in [2.45, 2.75) is 17.0 Å². The SMILES string of the molecule is C#C[Si]1(Cl)C[Si](Cl)(C#N)C[Si](Cl)(C#N)C1. The predicted molar refractivity (Wildman–Crippen MR) is 69.3 cm³/mol. The summed E-state index contributed by atoms with van der Waals surface area (Å²) in [7, 11) is -7.81. The molecule has 78 valence electrons. The van der Waals surface area contributed by atoms with Gasteiger partial charge < -0.3 is 0 Å². The molecule has 1 aliphatic heterocycles. The lowest BCUT2D eigenvalue weighted by molar-refractivity contribution is 1.47. The van der Waals surface area contributed by atoms with Crippen LogP contribution >= 0.6 is 33.2 Å². The largest absolute Gasteiger partial charge is 0.267 e. The zero-order chi connectivity index (χ0) is 11.7. The summed E-state index contributed by atoms with van der Waals surface area (Å²) in [5.74, 6) is 0. The van der Waals surface area contributed by atoms with Crippen LogP contribution in [0.3, 0.4) is 0 Å². The van der Waals surface area contributed by atoms with Crippen LogP contribution in [0.25, 0.3) is 0 Å². The van der Waals surface area contributed by atoms with E-state index in [1.807, 2.05) is 0 Å². The Kier molecular flexibility index (Phi) is 3.63. The van der Waals surface area contributed by atoms with Crippen LogP contribution in [0, 0.1) is 33.9 Å². The lowest BCUT2D eigenvalue weighted by Gasteiger charge is -2.36. The van der Waals surface area contributed by atoms with E-state index in [1.165, 1.54) is 0 Å². The van der Waals surface area contributed by atoms with Crippen molar-refractivity contribution in [1.82, 2.24) is 0 Å². The van der Waals surface area contributed by atoms with Crippen molar-refractivity contribution in [3.63, 3.8) is 0 Å². The van der Waals surface area contributed by atoms with E-state index in [2.05, 4.69) is 16.9 Å². The summed E-state index contributed by atoms with van der Waals surface area (Å²) in [5.41, 5.74) is 8.06. The summed E-state index contributed by atoms with van der Waals surface area (Å²) in [4.78, 5) is 0. The van der Waals surface area contributed by atoms with E-state index in [0.717, 1.165) is 0 Å². The molecule has 1 fully saturated rings. The molecule has 0 amide bonds. The fourth-order valence-corrected chi connectivity index (χ4v) is 33.6. The van der Waals surface area contributed by atoms with Gasteiger partial charge in [-0.1, -0.05) is 0 Å². The number of hydrogen-bond acceptors (Lipinski definition) is 2. The molecule has 1 heterocycles. The van der Waals surface area contributed by atoms with Crippen LogP contribution in [0.5, 0.6) is 0 Å². The molecular weight excluding hydrogens is 303 g/mol. The van der Waals surface area contributed by atoms with Crippen molar-refractivity contribution < 1.29 is 0 Å². The maximum absolute atomic E-state index is 9.03. The van der Waals surface area contributed by atoms with Gasteiger partial charge in [0, 0.05) is 11.4 Å². The lowest BCUT2D eigenvalue weighted by Crippen LogP contribution is -2.55. The quantitative estimate of drug-likeness (QED) is 0.392. The third-order valence-corrected chi connectivity index (χ3v) is 25.2. The van der Waals surface area contributed by atoms with Crippen LogP contribution in [0.15, 0.2) is 0 Å². The van der Waals surface area contributed by atoms with Gasteiger partial charge in [0.25, 0.3) is 14.8 Å². The second-order valence-electron chi connectivity index (χ2n) is 3.79. The Hall–Kier alpha value is 0.0606. The molecule has 1 rings (SSSR count). The van der Waals surface area contributed by atoms with E-state index in [0.29, 0.717) is 17.0 Å². The first-order valence-corrected chi connectivity index (χ1v) is 14.5. The number of rotatable bonds is 0. The molecule has 0 N–H and O–H groups in total. The van der Waals surface area contributed by atoms with E-state index in [9.17, 15) is 0 Å². The first-order chi connectivity index (χ1) is 6.80. The molecule has 0 aromatic carbocycles. The van der Waals surface area contributed by atoms with Crippen LogP contribution in [-0.2, 0) is 0 Å². The highest BCUT2D eigenvalue weighted by Gasteiger charge is 2.58. The predicted octanol–water partition coefficient (Wildman–Crippen LogP) is 2.47. The van der Waals surface area contributed by atoms with Crippen molar-refractivity contribution in [3.8, 4) is 23.4 Å². The molecule has 8 heteroatoms. The fourth-order valence-electron chi connectivity index (χ4n) is 1.78. The van der Waals surface area contributed by atoms with Gasteiger partial charge in [-0.2, -0.15) is 11.1 Å². The van der Waals surface area contributed by atoms with Crippen molar-refractivity contribution in [2.24, 2.45) is 0 Å². The molecule has 0 bridgehead atoms. The summed E-state index contributed by atoms with van der Waals surface area (Å²) in [5, 5.41) is 18.1. The molecule has 2 nitrogen and oxygen atoms in total. The molecule has 0 saturated carbocycles. The molecule has 1 saturated heterocycles. The van der Waals surface area contributed by atoms with Gasteiger partial charge in [0.1, 0.15) is 0 Å². The topological polar surface area (TPSA) is 47.6 Å². The van der Waals surface area contributed by atoms with Gasteiger partial charge in [-0.25, -0.2) is 10.5 Å². The summed E-state index contributed by atoms with van der Waals surface area (Å²) < 4.78 is 0. The first kappa shape index (κ1) is 13.1. The van der Waals surface area contributed by atoms with Crippen LogP contribution in [-0.4, -0.2) is 22.2 Å². The molecule has 15 heavy (non-hydrogen) atoms. The monoisotopic (exact) mass is 308 g/mol. The normalized spacial score (nSPS) is 44.8. The molecule has 2 atom stereocenters. The molecule has 0 aromatic heterocycles. The van der Waals surface area contributed by atoms with Gasteiger partial charge in [0.05, 0.1) is 0 Å². The van der Waals surface area contributed by atoms with Gasteiger partial charge in [0.2, 0.25) is 7.38 Å². The second-order valence-corrected chi connectivity index (χ2v) is 21.1. The zero-order valence-corrected chi connectivity index (χ0v) is 13.0. The molecule has 0 aromatic rings. The van der Waals surface area contributed by atoms with Crippen LogP contribution in [0.2, 0.25) is 17.0 Å². The number of terminal acetylenes is 1. The Bertz CT molecular complexity index is 337. The smallest absolute Gasteiger partial charge is 0.205 e. The highest BCUT2D eigenvalue weighted by Crippen LogP contribution is 2.44. The maximum atomic E-state index is 9.03. The fraction of sp³-hybridized carbons (Fsp3) is 0.429. The van der Waals surface area contributed by atoms with Gasteiger partial charge in [0.15, 0.2) is 0 Å². The summed E-state index contributed by atoms with van der Waals surface area (Å²) in [6, 6.07) is 0. The third-order valence-electron chi connectivity index (χ3n) is 2.34. The lowest BCUT2D eigenvalue weighted by atomic mass is 11.4. The summed E-state index contributed by atoms with van der Waals surface area (Å²) in [6.07, 6.45) is 5.38. The van der Waals surface area contributed by atoms with E-state index in [4.69, 9.17) is 50.2 Å². The highest BCUT2D eigenvalue weighted by molar-refractivity contribution is 7.49. The summed E-state index contributed by atoms with van der Waals surface area (Å²) >= 11 is 18.7. The standard InChI is InChI=1S/C7H7Cl3N2Si3/c1-2-13(8)5-14(9,3-11)7-15(10,4-12)6-13/h1H,5-7H2. The number of hydrogen-bond donors (Lipinski definition) is 0. The Morgan fingerprint density at radius 1 is 0.867 bits per heavy atom. The summed E-state index contributed by atoms with van der Waals surface area (Å²) in [6.45, 7) is 0. The molecule has 0 spiro atoms. The minimum Gasteiger partial charge on any atom is -0.205 e. The Morgan fingerprint density at radius 2 is 1.20 bits per heavy atom.